The molecular weight excluding hydrogens is 236 g/mol. The molecule has 6 heteroatoms. The molecule has 86 valence electrons. The summed E-state index contributed by atoms with van der Waals surface area (Å²) in [5.74, 6) is 1.06. The van der Waals surface area contributed by atoms with E-state index in [4.69, 9.17) is 4.74 Å². The molecule has 0 N–H and O–H groups in total. The minimum atomic E-state index is -1.12. The fourth-order valence-electron chi connectivity index (χ4n) is 2.32. The molecule has 2 fully saturated rings. The van der Waals surface area contributed by atoms with Gasteiger partial charge in [0.1, 0.15) is 9.86 Å². The van der Waals surface area contributed by atoms with Crippen LogP contribution in [0.15, 0.2) is 0 Å². The van der Waals surface area contributed by atoms with Crippen molar-refractivity contribution < 1.29 is 17.9 Å². The van der Waals surface area contributed by atoms with Gasteiger partial charge in [-0.05, 0) is 6.42 Å². The van der Waals surface area contributed by atoms with Crippen LogP contribution in [0.4, 0.5) is 0 Å². The number of ether oxygens (including phenoxy) is 1. The molecule has 0 radical (unpaired) electrons. The third-order valence-corrected chi connectivity index (χ3v) is 8.16. The lowest BCUT2D eigenvalue weighted by atomic mass is 9.95. The van der Waals surface area contributed by atoms with Gasteiger partial charge in [-0.2, -0.15) is 0 Å². The lowest BCUT2D eigenvalue weighted by molar-refractivity contribution is -0.123. The van der Waals surface area contributed by atoms with Gasteiger partial charge in [-0.1, -0.05) is 0 Å². The van der Waals surface area contributed by atoms with Crippen LogP contribution in [-0.2, 0) is 31.1 Å². The van der Waals surface area contributed by atoms with Crippen molar-refractivity contribution >= 4 is 27.4 Å². The molecule has 4 atom stereocenters. The Labute approximate surface area is 93.7 Å². The second-order valence-corrected chi connectivity index (χ2v) is 7.79. The van der Waals surface area contributed by atoms with Gasteiger partial charge in [0.2, 0.25) is 0 Å². The highest BCUT2D eigenvalue weighted by Crippen LogP contribution is 2.40. The van der Waals surface area contributed by atoms with Crippen LogP contribution in [0.5, 0.6) is 0 Å². The van der Waals surface area contributed by atoms with E-state index in [2.05, 4.69) is 0 Å². The molecule has 1 heterocycles. The molecule has 1 saturated heterocycles. The maximum Gasteiger partial charge on any atom is 0.147 e. The molecule has 0 aromatic rings. The number of methoxy groups -OCH3 is 1. The summed E-state index contributed by atoms with van der Waals surface area (Å²) in [6, 6.07) is 0. The molecule has 1 saturated carbocycles. The van der Waals surface area contributed by atoms with Crippen LogP contribution in [0, 0.1) is 0 Å². The number of carbonyl (C=O) groups is 1. The van der Waals surface area contributed by atoms with Crippen molar-refractivity contribution in [3.63, 3.8) is 0 Å². The van der Waals surface area contributed by atoms with Crippen molar-refractivity contribution in [2.75, 3.05) is 18.6 Å². The highest BCUT2D eigenvalue weighted by atomic mass is 32.3. The Morgan fingerprint density at radius 1 is 1.33 bits per heavy atom. The quantitative estimate of drug-likeness (QED) is 0.655. The predicted molar refractivity (Wildman–Crippen MR) is 58.4 cm³/mol. The first-order chi connectivity index (χ1) is 7.11. The largest absolute Gasteiger partial charge is 0.378 e. The lowest BCUT2D eigenvalue weighted by Crippen LogP contribution is -2.51. The maximum atomic E-state index is 12.0. The molecule has 2 aliphatic rings. The van der Waals surface area contributed by atoms with Gasteiger partial charge in [0.05, 0.1) is 6.10 Å². The van der Waals surface area contributed by atoms with Crippen LogP contribution in [0.3, 0.4) is 0 Å². The molecular formula is C9H14O4S2. The molecule has 0 aromatic carbocycles. The number of ketones is 1. The molecule has 4 nitrogen and oxygen atoms in total. The van der Waals surface area contributed by atoms with Crippen LogP contribution >= 0.6 is 0 Å². The van der Waals surface area contributed by atoms with Crippen LogP contribution in [0.1, 0.15) is 19.3 Å². The second kappa shape index (κ2) is 4.07. The average molecular weight is 250 g/mol. The van der Waals surface area contributed by atoms with Gasteiger partial charge in [-0.3, -0.25) is 13.2 Å². The van der Waals surface area contributed by atoms with E-state index in [0.29, 0.717) is 24.3 Å². The topological polar surface area (TPSA) is 60.4 Å². The van der Waals surface area contributed by atoms with Gasteiger partial charge >= 0.3 is 0 Å². The second-order valence-electron chi connectivity index (χ2n) is 3.88. The Kier molecular flexibility index (Phi) is 3.10. The van der Waals surface area contributed by atoms with Gasteiger partial charge in [0, 0.05) is 53.1 Å². The van der Waals surface area contributed by atoms with Gasteiger partial charge in [0.15, 0.2) is 0 Å². The van der Waals surface area contributed by atoms with E-state index < -0.39 is 31.8 Å². The third-order valence-electron chi connectivity index (χ3n) is 3.17. The Balaban J connectivity index is 2.36. The summed E-state index contributed by atoms with van der Waals surface area (Å²) < 4.78 is 28.4. The van der Waals surface area contributed by atoms with E-state index in [0.717, 1.165) is 0 Å². The van der Waals surface area contributed by atoms with E-state index in [1.807, 2.05) is 0 Å². The molecule has 1 aliphatic carbocycles. The zero-order valence-corrected chi connectivity index (χ0v) is 10.2. The zero-order chi connectivity index (χ0) is 11.1. The number of rotatable bonds is 1. The van der Waals surface area contributed by atoms with Crippen molar-refractivity contribution in [3.8, 4) is 0 Å². The first-order valence-electron chi connectivity index (χ1n) is 4.92. The van der Waals surface area contributed by atoms with E-state index in [9.17, 15) is 13.2 Å². The minimum absolute atomic E-state index is 0.119. The first-order valence-corrected chi connectivity index (χ1v) is 7.56. The van der Waals surface area contributed by atoms with Crippen molar-refractivity contribution in [1.82, 2.24) is 0 Å². The summed E-state index contributed by atoms with van der Waals surface area (Å²) in [7, 11) is -0.743. The third kappa shape index (κ3) is 1.62. The molecule has 0 amide bonds. The highest BCUT2D eigenvalue weighted by molar-refractivity contribution is 8.07. The Hall–Kier alpha value is -0.0700. The maximum absolute atomic E-state index is 12.0. The average Bonchev–Trinajstić information content (AvgIpc) is 2.50. The van der Waals surface area contributed by atoms with E-state index in [-0.39, 0.29) is 12.2 Å². The highest BCUT2D eigenvalue weighted by Gasteiger charge is 2.56. The van der Waals surface area contributed by atoms with E-state index >= 15 is 0 Å². The molecule has 0 aromatic heterocycles. The normalized spacial score (nSPS) is 46.2. The van der Waals surface area contributed by atoms with Gasteiger partial charge < -0.3 is 4.74 Å². The molecule has 2 unspecified atom stereocenters. The smallest absolute Gasteiger partial charge is 0.147 e. The molecule has 1 aliphatic heterocycles. The van der Waals surface area contributed by atoms with Gasteiger partial charge in [-0.15, -0.1) is 0 Å². The molecule has 15 heavy (non-hydrogen) atoms. The molecule has 1 spiro atoms. The Morgan fingerprint density at radius 2 is 1.93 bits per heavy atom. The summed E-state index contributed by atoms with van der Waals surface area (Å²) in [6.07, 6.45) is 0.664. The Morgan fingerprint density at radius 3 is 2.47 bits per heavy atom. The van der Waals surface area contributed by atoms with Gasteiger partial charge in [-0.25, -0.2) is 0 Å². The Bertz CT molecular complexity index is 323. The summed E-state index contributed by atoms with van der Waals surface area (Å²) >= 11 is 0. The first kappa shape index (κ1) is 11.4. The monoisotopic (exact) mass is 250 g/mol. The van der Waals surface area contributed by atoms with Crippen LogP contribution < -0.4 is 0 Å². The minimum Gasteiger partial charge on any atom is -0.378 e. The lowest BCUT2D eigenvalue weighted by Gasteiger charge is -2.36. The van der Waals surface area contributed by atoms with Crippen LogP contribution in [0.2, 0.25) is 0 Å². The SMILES string of the molecule is COC1CC(=O)CCC12[S@](=O)CC[S@@]2=O. The van der Waals surface area contributed by atoms with Gasteiger partial charge in [0.25, 0.3) is 0 Å². The number of carbonyl (C=O) groups excluding carboxylic acids is 1. The number of Topliss-reactive ketones (excluding diaryl/α,β-unsaturated/α-hetero) is 1. The fraction of sp³-hybridized carbons (Fsp3) is 0.889. The van der Waals surface area contributed by atoms with Crippen molar-refractivity contribution in [2.24, 2.45) is 0 Å². The summed E-state index contributed by atoms with van der Waals surface area (Å²) in [6.45, 7) is 0. The molecule has 2 rings (SSSR count). The zero-order valence-electron chi connectivity index (χ0n) is 8.56. The van der Waals surface area contributed by atoms with E-state index in [1.165, 1.54) is 7.11 Å². The van der Waals surface area contributed by atoms with Crippen molar-refractivity contribution in [1.29, 1.82) is 0 Å². The summed E-state index contributed by atoms with van der Waals surface area (Å²) in [4.78, 5) is 11.3. The fourth-order valence-corrected chi connectivity index (χ4v) is 7.16. The van der Waals surface area contributed by atoms with Crippen molar-refractivity contribution in [3.05, 3.63) is 0 Å². The number of hydrogen-bond donors (Lipinski definition) is 0. The summed E-state index contributed by atoms with van der Waals surface area (Å²) in [5.41, 5.74) is 0. The van der Waals surface area contributed by atoms with E-state index in [1.54, 1.807) is 0 Å². The van der Waals surface area contributed by atoms with Crippen LogP contribution in [0.25, 0.3) is 0 Å². The standard InChI is InChI=1S/C9H14O4S2/c1-13-8-6-7(10)2-3-9(8)14(11)4-5-15(9)12/h8H,2-6H2,1H3/t8?,9?,14-,15+. The van der Waals surface area contributed by atoms with Crippen molar-refractivity contribution in [2.45, 2.75) is 29.4 Å². The summed E-state index contributed by atoms with van der Waals surface area (Å²) in [5, 5.41) is 0. The van der Waals surface area contributed by atoms with Crippen LogP contribution in [-0.4, -0.2) is 43.0 Å². The predicted octanol–water partition coefficient (Wildman–Crippen LogP) is -0.0383. The molecule has 0 bridgehead atoms. The number of hydrogen-bond acceptors (Lipinski definition) is 4.